The fraction of sp³-hybridized carbons (Fsp3) is 0.500. The Morgan fingerprint density at radius 3 is 3.00 bits per heavy atom. The minimum atomic E-state index is 0.140. The van der Waals surface area contributed by atoms with E-state index in [0.717, 1.165) is 37.2 Å². The van der Waals surface area contributed by atoms with Crippen LogP contribution in [-0.2, 0) is 0 Å². The number of benzene rings is 1. The number of rotatable bonds is 3. The number of methoxy groups -OCH3 is 1. The van der Waals surface area contributed by atoms with Crippen molar-refractivity contribution in [1.29, 1.82) is 0 Å². The zero-order valence-corrected chi connectivity index (χ0v) is 10.5. The lowest BCUT2D eigenvalue weighted by Crippen LogP contribution is -2.36. The Morgan fingerprint density at radius 1 is 1.47 bits per heavy atom. The van der Waals surface area contributed by atoms with Gasteiger partial charge in [0.05, 0.1) is 7.11 Å². The van der Waals surface area contributed by atoms with Gasteiger partial charge in [0.1, 0.15) is 5.75 Å². The fourth-order valence-corrected chi connectivity index (χ4v) is 2.39. The number of Topliss-reactive ketones (excluding diaryl/α,β-unsaturated/α-hetero) is 1. The monoisotopic (exact) mass is 233 g/mol. The summed E-state index contributed by atoms with van der Waals surface area (Å²) in [6, 6.07) is 7.44. The van der Waals surface area contributed by atoms with Gasteiger partial charge in [-0.1, -0.05) is 12.1 Å². The normalized spacial score (nSPS) is 21.2. The van der Waals surface area contributed by atoms with Gasteiger partial charge < -0.3 is 9.64 Å². The van der Waals surface area contributed by atoms with E-state index >= 15 is 0 Å². The van der Waals surface area contributed by atoms with Gasteiger partial charge in [-0.15, -0.1) is 0 Å². The van der Waals surface area contributed by atoms with Crippen molar-refractivity contribution in [1.82, 2.24) is 4.90 Å². The van der Waals surface area contributed by atoms with E-state index in [-0.39, 0.29) is 11.7 Å². The molecule has 3 nitrogen and oxygen atoms in total. The van der Waals surface area contributed by atoms with Gasteiger partial charge in [0.15, 0.2) is 5.78 Å². The SMILES string of the molecule is COc1cccc(C(=O)C2CCCN(C)C2)c1. The van der Waals surface area contributed by atoms with Crippen molar-refractivity contribution in [2.75, 3.05) is 27.2 Å². The first kappa shape index (κ1) is 12.1. The number of piperidine rings is 1. The largest absolute Gasteiger partial charge is 0.497 e. The van der Waals surface area contributed by atoms with Gasteiger partial charge in [-0.3, -0.25) is 4.79 Å². The molecule has 1 heterocycles. The molecule has 1 saturated heterocycles. The highest BCUT2D eigenvalue weighted by atomic mass is 16.5. The van der Waals surface area contributed by atoms with Crippen molar-refractivity contribution in [3.8, 4) is 5.75 Å². The zero-order chi connectivity index (χ0) is 12.3. The molecule has 0 spiro atoms. The minimum absolute atomic E-state index is 0.140. The van der Waals surface area contributed by atoms with Crippen LogP contribution in [0.15, 0.2) is 24.3 Å². The molecule has 0 aromatic heterocycles. The topological polar surface area (TPSA) is 29.5 Å². The van der Waals surface area contributed by atoms with Gasteiger partial charge in [0.2, 0.25) is 0 Å². The number of hydrogen-bond donors (Lipinski definition) is 0. The Bertz CT molecular complexity index is 403. The van der Waals surface area contributed by atoms with Crippen LogP contribution in [0.1, 0.15) is 23.2 Å². The van der Waals surface area contributed by atoms with Crippen LogP contribution in [0.4, 0.5) is 0 Å². The van der Waals surface area contributed by atoms with Crippen molar-refractivity contribution < 1.29 is 9.53 Å². The van der Waals surface area contributed by atoms with E-state index in [9.17, 15) is 4.79 Å². The third-order valence-corrected chi connectivity index (χ3v) is 3.35. The van der Waals surface area contributed by atoms with Crippen molar-refractivity contribution in [2.24, 2.45) is 5.92 Å². The Morgan fingerprint density at radius 2 is 2.29 bits per heavy atom. The van der Waals surface area contributed by atoms with Gasteiger partial charge in [0, 0.05) is 18.0 Å². The molecule has 1 aliphatic rings. The summed E-state index contributed by atoms with van der Waals surface area (Å²) in [4.78, 5) is 14.6. The Balaban J connectivity index is 2.12. The first-order valence-corrected chi connectivity index (χ1v) is 6.07. The van der Waals surface area contributed by atoms with E-state index in [0.29, 0.717) is 0 Å². The highest BCUT2D eigenvalue weighted by molar-refractivity contribution is 5.98. The maximum atomic E-state index is 12.3. The molecular formula is C14H19NO2. The molecule has 0 saturated carbocycles. The lowest BCUT2D eigenvalue weighted by atomic mass is 9.90. The van der Waals surface area contributed by atoms with E-state index in [1.165, 1.54) is 0 Å². The number of nitrogens with zero attached hydrogens (tertiary/aromatic N) is 1. The van der Waals surface area contributed by atoms with Crippen molar-refractivity contribution >= 4 is 5.78 Å². The number of hydrogen-bond acceptors (Lipinski definition) is 3. The van der Waals surface area contributed by atoms with Crippen LogP contribution >= 0.6 is 0 Å². The van der Waals surface area contributed by atoms with Gasteiger partial charge >= 0.3 is 0 Å². The predicted octanol–water partition coefficient (Wildman–Crippen LogP) is 2.22. The van der Waals surface area contributed by atoms with Crippen LogP contribution in [0.3, 0.4) is 0 Å². The summed E-state index contributed by atoms with van der Waals surface area (Å²) in [5.41, 5.74) is 0.768. The molecule has 0 N–H and O–H groups in total. The number of likely N-dealkylation sites (tertiary alicyclic amines) is 1. The highest BCUT2D eigenvalue weighted by Gasteiger charge is 2.24. The number of carbonyl (C=O) groups excluding carboxylic acids is 1. The highest BCUT2D eigenvalue weighted by Crippen LogP contribution is 2.22. The van der Waals surface area contributed by atoms with Gasteiger partial charge in [-0.25, -0.2) is 0 Å². The summed E-state index contributed by atoms with van der Waals surface area (Å²) in [5, 5.41) is 0. The summed E-state index contributed by atoms with van der Waals surface area (Å²) in [6.45, 7) is 1.97. The standard InChI is InChI=1S/C14H19NO2/c1-15-8-4-6-12(10-15)14(16)11-5-3-7-13(9-11)17-2/h3,5,7,9,12H,4,6,8,10H2,1-2H3. The maximum Gasteiger partial charge on any atom is 0.167 e. The molecule has 1 atom stereocenters. The number of ketones is 1. The molecule has 1 aromatic rings. The zero-order valence-electron chi connectivity index (χ0n) is 10.5. The Labute approximate surface area is 102 Å². The van der Waals surface area contributed by atoms with E-state index in [1.54, 1.807) is 7.11 Å². The van der Waals surface area contributed by atoms with E-state index in [4.69, 9.17) is 4.74 Å². The van der Waals surface area contributed by atoms with Crippen LogP contribution < -0.4 is 4.74 Å². The third kappa shape index (κ3) is 2.86. The summed E-state index contributed by atoms with van der Waals surface area (Å²) in [7, 11) is 3.70. The van der Waals surface area contributed by atoms with Gasteiger partial charge in [0.25, 0.3) is 0 Å². The lowest BCUT2D eigenvalue weighted by molar-refractivity contribution is 0.0843. The summed E-state index contributed by atoms with van der Waals surface area (Å²) >= 11 is 0. The van der Waals surface area contributed by atoms with Crippen molar-refractivity contribution in [3.63, 3.8) is 0 Å². The van der Waals surface area contributed by atoms with Crippen LogP contribution in [0, 0.1) is 5.92 Å². The average Bonchev–Trinajstić information content (AvgIpc) is 2.38. The quantitative estimate of drug-likeness (QED) is 0.750. The second kappa shape index (κ2) is 5.32. The molecule has 0 amide bonds. The van der Waals surface area contributed by atoms with E-state index < -0.39 is 0 Å². The van der Waals surface area contributed by atoms with Crippen LogP contribution in [0.25, 0.3) is 0 Å². The predicted molar refractivity (Wildman–Crippen MR) is 67.5 cm³/mol. The summed E-state index contributed by atoms with van der Waals surface area (Å²) in [5.74, 6) is 1.14. The molecule has 1 unspecified atom stereocenters. The molecule has 1 aromatic carbocycles. The van der Waals surface area contributed by atoms with Crippen molar-refractivity contribution in [3.05, 3.63) is 29.8 Å². The molecule has 17 heavy (non-hydrogen) atoms. The number of carbonyl (C=O) groups is 1. The average molecular weight is 233 g/mol. The van der Waals surface area contributed by atoms with E-state index in [2.05, 4.69) is 11.9 Å². The molecule has 3 heteroatoms. The smallest absolute Gasteiger partial charge is 0.167 e. The fourth-order valence-electron chi connectivity index (χ4n) is 2.39. The molecule has 1 aliphatic heterocycles. The van der Waals surface area contributed by atoms with E-state index in [1.807, 2.05) is 24.3 Å². The van der Waals surface area contributed by atoms with Crippen LogP contribution in [0.2, 0.25) is 0 Å². The first-order chi connectivity index (χ1) is 8.20. The molecule has 1 fully saturated rings. The molecule has 0 aliphatic carbocycles. The molecule has 92 valence electrons. The van der Waals surface area contributed by atoms with Crippen LogP contribution in [0.5, 0.6) is 5.75 Å². The van der Waals surface area contributed by atoms with Gasteiger partial charge in [-0.05, 0) is 38.6 Å². The lowest BCUT2D eigenvalue weighted by Gasteiger charge is -2.28. The first-order valence-electron chi connectivity index (χ1n) is 6.07. The maximum absolute atomic E-state index is 12.3. The number of ether oxygens (including phenoxy) is 1. The summed E-state index contributed by atoms with van der Waals surface area (Å²) < 4.78 is 5.15. The minimum Gasteiger partial charge on any atom is -0.497 e. The summed E-state index contributed by atoms with van der Waals surface area (Å²) in [6.07, 6.45) is 2.11. The molecular weight excluding hydrogens is 214 g/mol. The van der Waals surface area contributed by atoms with Crippen LogP contribution in [-0.4, -0.2) is 37.9 Å². The van der Waals surface area contributed by atoms with Crippen molar-refractivity contribution in [2.45, 2.75) is 12.8 Å². The molecule has 0 radical (unpaired) electrons. The Hall–Kier alpha value is -1.35. The third-order valence-electron chi connectivity index (χ3n) is 3.35. The second-order valence-corrected chi connectivity index (χ2v) is 4.70. The second-order valence-electron chi connectivity index (χ2n) is 4.70. The Kier molecular flexibility index (Phi) is 3.79. The molecule has 0 bridgehead atoms. The molecule has 2 rings (SSSR count). The van der Waals surface area contributed by atoms with Gasteiger partial charge in [-0.2, -0.15) is 0 Å².